The van der Waals surface area contributed by atoms with E-state index in [-0.39, 0.29) is 25.0 Å². The van der Waals surface area contributed by atoms with E-state index >= 15 is 0 Å². The fourth-order valence-corrected chi connectivity index (χ4v) is 3.90. The lowest BCUT2D eigenvalue weighted by Gasteiger charge is -2.25. The maximum Gasteiger partial charge on any atom is 0.239 e. The number of anilines is 1. The normalized spacial score (nSPS) is 20.2. The largest absolute Gasteiger partial charge is 0.454 e. The van der Waals surface area contributed by atoms with Gasteiger partial charge in [0.2, 0.25) is 22.7 Å². The van der Waals surface area contributed by atoms with Gasteiger partial charge in [-0.15, -0.1) is 0 Å². The zero-order valence-corrected chi connectivity index (χ0v) is 12.2. The monoisotopic (exact) mass is 312 g/mol. The van der Waals surface area contributed by atoms with Gasteiger partial charge in [-0.1, -0.05) is 0 Å². The van der Waals surface area contributed by atoms with Gasteiger partial charge in [-0.05, 0) is 25.0 Å². The number of nitrogens with one attached hydrogen (secondary N) is 1. The first-order valence-electron chi connectivity index (χ1n) is 6.72. The molecule has 114 valence electrons. The summed E-state index contributed by atoms with van der Waals surface area (Å²) in [4.78, 5) is 12.0. The summed E-state index contributed by atoms with van der Waals surface area (Å²) in [6.45, 7) is 0.409. The minimum Gasteiger partial charge on any atom is -0.454 e. The Balaban J connectivity index is 1.64. The summed E-state index contributed by atoms with van der Waals surface area (Å²) in [5, 5.41) is 2.68. The molecule has 1 N–H and O–H groups in total. The van der Waals surface area contributed by atoms with Crippen LogP contribution in [-0.2, 0) is 14.8 Å². The Hall–Kier alpha value is -1.80. The molecule has 0 aliphatic carbocycles. The van der Waals surface area contributed by atoms with E-state index < -0.39 is 10.0 Å². The number of sulfonamides is 1. The first kappa shape index (κ1) is 14.2. The number of carbonyl (C=O) groups excluding carboxylic acids is 1. The lowest BCUT2D eigenvalue weighted by Crippen LogP contribution is -2.42. The Labute approximate surface area is 122 Å². The Morgan fingerprint density at radius 1 is 1.24 bits per heavy atom. The number of nitrogens with zero attached hydrogens (tertiary/aromatic N) is 1. The molecule has 1 amide bonds. The molecule has 0 aromatic heterocycles. The molecule has 1 saturated heterocycles. The molecule has 21 heavy (non-hydrogen) atoms. The van der Waals surface area contributed by atoms with Crippen molar-refractivity contribution in [2.24, 2.45) is 0 Å². The summed E-state index contributed by atoms with van der Waals surface area (Å²) in [6, 6.07) is 5.05. The van der Waals surface area contributed by atoms with E-state index in [1.54, 1.807) is 18.2 Å². The maximum atomic E-state index is 12.0. The number of rotatable bonds is 3. The number of ether oxygens (including phenoxy) is 2. The van der Waals surface area contributed by atoms with Crippen molar-refractivity contribution < 1.29 is 22.7 Å². The molecule has 1 aromatic rings. The molecule has 2 aliphatic rings. The van der Waals surface area contributed by atoms with Crippen LogP contribution >= 0.6 is 0 Å². The summed E-state index contributed by atoms with van der Waals surface area (Å²) in [6.07, 6.45) is 1.44. The maximum absolute atomic E-state index is 12.0. The lowest BCUT2D eigenvalue weighted by molar-refractivity contribution is -0.116. The number of fused-ring (bicyclic) bond motifs is 1. The quantitative estimate of drug-likeness (QED) is 0.891. The molecule has 0 spiro atoms. The van der Waals surface area contributed by atoms with Crippen LogP contribution in [0.5, 0.6) is 11.5 Å². The zero-order chi connectivity index (χ0) is 14.9. The molecule has 0 bridgehead atoms. The summed E-state index contributed by atoms with van der Waals surface area (Å²) in [5.41, 5.74) is 0.554. The average Bonchev–Trinajstić information content (AvgIpc) is 2.88. The number of hydrogen-bond acceptors (Lipinski definition) is 5. The molecule has 0 atom stereocenters. The summed E-state index contributed by atoms with van der Waals surface area (Å²) >= 11 is 0. The number of benzene rings is 1. The van der Waals surface area contributed by atoms with Crippen LogP contribution in [0.4, 0.5) is 5.69 Å². The van der Waals surface area contributed by atoms with Gasteiger partial charge in [-0.3, -0.25) is 4.79 Å². The third-order valence-corrected chi connectivity index (χ3v) is 5.33. The fraction of sp³-hybridized carbons (Fsp3) is 0.462. The molecule has 0 unspecified atom stereocenters. The third kappa shape index (κ3) is 3.11. The van der Waals surface area contributed by atoms with Crippen molar-refractivity contribution in [2.45, 2.75) is 12.8 Å². The SMILES string of the molecule is O=C(CN1CCCCS1(=O)=O)Nc1ccc2c(c1)OCO2. The van der Waals surface area contributed by atoms with Crippen LogP contribution in [0.3, 0.4) is 0 Å². The summed E-state index contributed by atoms with van der Waals surface area (Å²) in [5.74, 6) is 0.953. The van der Waals surface area contributed by atoms with Crippen LogP contribution in [0.2, 0.25) is 0 Å². The molecular weight excluding hydrogens is 296 g/mol. The van der Waals surface area contributed by atoms with Crippen LogP contribution in [-0.4, -0.2) is 44.3 Å². The summed E-state index contributed by atoms with van der Waals surface area (Å²) in [7, 11) is -3.29. The first-order valence-corrected chi connectivity index (χ1v) is 8.33. The van der Waals surface area contributed by atoms with Gasteiger partial charge < -0.3 is 14.8 Å². The first-order chi connectivity index (χ1) is 10.0. The van der Waals surface area contributed by atoms with Crippen LogP contribution in [0, 0.1) is 0 Å². The Kier molecular flexibility index (Phi) is 3.73. The molecule has 7 nitrogen and oxygen atoms in total. The Morgan fingerprint density at radius 3 is 2.86 bits per heavy atom. The van der Waals surface area contributed by atoms with Crippen molar-refractivity contribution in [1.29, 1.82) is 0 Å². The van der Waals surface area contributed by atoms with Gasteiger partial charge in [0.15, 0.2) is 11.5 Å². The standard InChI is InChI=1S/C13H16N2O5S/c16-13(8-15-5-1-2-6-21(15,17)18)14-10-3-4-11-12(7-10)20-9-19-11/h3-4,7H,1-2,5-6,8-9H2,(H,14,16). The van der Waals surface area contributed by atoms with Crippen LogP contribution in [0.25, 0.3) is 0 Å². The van der Waals surface area contributed by atoms with Crippen molar-refractivity contribution in [3.05, 3.63) is 18.2 Å². The molecule has 2 heterocycles. The zero-order valence-electron chi connectivity index (χ0n) is 11.4. The van der Waals surface area contributed by atoms with E-state index in [4.69, 9.17) is 9.47 Å². The van der Waals surface area contributed by atoms with E-state index in [0.29, 0.717) is 30.2 Å². The molecule has 0 saturated carbocycles. The number of carbonyl (C=O) groups is 1. The minimum absolute atomic E-state index is 0.115. The highest BCUT2D eigenvalue weighted by molar-refractivity contribution is 7.89. The van der Waals surface area contributed by atoms with Crippen LogP contribution in [0.1, 0.15) is 12.8 Å². The molecule has 2 aliphatic heterocycles. The fourth-order valence-electron chi connectivity index (χ4n) is 2.35. The van der Waals surface area contributed by atoms with E-state index in [9.17, 15) is 13.2 Å². The van der Waals surface area contributed by atoms with Crippen LogP contribution < -0.4 is 14.8 Å². The molecular formula is C13H16N2O5S. The van der Waals surface area contributed by atoms with E-state index in [0.717, 1.165) is 6.42 Å². The molecule has 0 radical (unpaired) electrons. The van der Waals surface area contributed by atoms with Gasteiger partial charge >= 0.3 is 0 Å². The number of hydrogen-bond donors (Lipinski definition) is 1. The third-order valence-electron chi connectivity index (χ3n) is 3.43. The molecule has 3 rings (SSSR count). The van der Waals surface area contributed by atoms with Gasteiger partial charge in [0.25, 0.3) is 0 Å². The summed E-state index contributed by atoms with van der Waals surface area (Å²) < 4.78 is 35.3. The van der Waals surface area contributed by atoms with E-state index in [1.807, 2.05) is 0 Å². The highest BCUT2D eigenvalue weighted by atomic mass is 32.2. The molecule has 1 aromatic carbocycles. The second-order valence-electron chi connectivity index (χ2n) is 4.97. The topological polar surface area (TPSA) is 84.9 Å². The van der Waals surface area contributed by atoms with Crippen molar-refractivity contribution in [3.63, 3.8) is 0 Å². The van der Waals surface area contributed by atoms with Crippen molar-refractivity contribution in [2.75, 3.05) is 31.0 Å². The smallest absolute Gasteiger partial charge is 0.239 e. The van der Waals surface area contributed by atoms with Crippen molar-refractivity contribution >= 4 is 21.6 Å². The van der Waals surface area contributed by atoms with Gasteiger partial charge in [-0.25, -0.2) is 8.42 Å². The van der Waals surface area contributed by atoms with Gasteiger partial charge in [0, 0.05) is 18.3 Å². The average molecular weight is 312 g/mol. The predicted molar refractivity (Wildman–Crippen MR) is 75.8 cm³/mol. The van der Waals surface area contributed by atoms with Gasteiger partial charge in [0.1, 0.15) is 0 Å². The van der Waals surface area contributed by atoms with Crippen molar-refractivity contribution in [3.8, 4) is 11.5 Å². The Morgan fingerprint density at radius 2 is 2.05 bits per heavy atom. The predicted octanol–water partition coefficient (Wildman–Crippen LogP) is 0.779. The van der Waals surface area contributed by atoms with E-state index in [1.165, 1.54) is 4.31 Å². The second-order valence-corrected chi connectivity index (χ2v) is 7.06. The van der Waals surface area contributed by atoms with Crippen LogP contribution in [0.15, 0.2) is 18.2 Å². The highest BCUT2D eigenvalue weighted by Gasteiger charge is 2.27. The molecule has 8 heteroatoms. The second kappa shape index (κ2) is 5.53. The lowest BCUT2D eigenvalue weighted by atomic mass is 10.2. The molecule has 1 fully saturated rings. The highest BCUT2D eigenvalue weighted by Crippen LogP contribution is 2.34. The van der Waals surface area contributed by atoms with Gasteiger partial charge in [-0.2, -0.15) is 4.31 Å². The Bertz CT molecular complexity index is 659. The number of amides is 1. The minimum atomic E-state index is -3.29. The van der Waals surface area contributed by atoms with Gasteiger partial charge in [0.05, 0.1) is 12.3 Å². The van der Waals surface area contributed by atoms with E-state index in [2.05, 4.69) is 5.32 Å². The van der Waals surface area contributed by atoms with Crippen molar-refractivity contribution in [1.82, 2.24) is 4.31 Å².